The van der Waals surface area contributed by atoms with Crippen LogP contribution in [0.15, 0.2) is 48.5 Å². The van der Waals surface area contributed by atoms with Gasteiger partial charge in [-0.3, -0.25) is 0 Å². The Morgan fingerprint density at radius 3 is 2.79 bits per heavy atom. The summed E-state index contributed by atoms with van der Waals surface area (Å²) in [5, 5.41) is 5.41. The molecule has 2 aromatic heterocycles. The summed E-state index contributed by atoms with van der Waals surface area (Å²) >= 11 is 0. The first-order valence-electron chi connectivity index (χ1n) is 8.03. The van der Waals surface area contributed by atoms with Crippen LogP contribution in [0.3, 0.4) is 0 Å². The standard InChI is InChI=1S/C18H19N5O/c1-3-24-14-7-6-11-8-13(5-4-12(11)9-14)16-15-17(19)20-10-21-18(15)23(2)22-16/h4-12H,3H2,1-2H3,(H2,19,20,21). The number of anilines is 1. The summed E-state index contributed by atoms with van der Waals surface area (Å²) in [5.74, 6) is 1.99. The van der Waals surface area contributed by atoms with E-state index in [9.17, 15) is 0 Å². The maximum atomic E-state index is 6.06. The number of aromatic nitrogens is 4. The lowest BCUT2D eigenvalue weighted by Crippen LogP contribution is -2.14. The van der Waals surface area contributed by atoms with Gasteiger partial charge in [-0.1, -0.05) is 24.3 Å². The van der Waals surface area contributed by atoms with Gasteiger partial charge >= 0.3 is 0 Å². The molecule has 0 saturated carbocycles. The normalized spacial score (nSPS) is 22.2. The Balaban J connectivity index is 1.74. The van der Waals surface area contributed by atoms with Crippen LogP contribution in [0.1, 0.15) is 12.6 Å². The lowest BCUT2D eigenvalue weighted by molar-refractivity contribution is 0.237. The molecule has 24 heavy (non-hydrogen) atoms. The van der Waals surface area contributed by atoms with Crippen molar-refractivity contribution < 1.29 is 4.74 Å². The Hall–Kier alpha value is -2.89. The van der Waals surface area contributed by atoms with Crippen LogP contribution in [0.5, 0.6) is 0 Å². The van der Waals surface area contributed by atoms with Gasteiger partial charge in [0.1, 0.15) is 23.6 Å². The molecule has 0 bridgehead atoms. The number of allylic oxidation sites excluding steroid dienone is 7. The first-order valence-corrected chi connectivity index (χ1v) is 8.03. The summed E-state index contributed by atoms with van der Waals surface area (Å²) in [4.78, 5) is 8.40. The maximum Gasteiger partial charge on any atom is 0.163 e. The monoisotopic (exact) mass is 321 g/mol. The highest BCUT2D eigenvalue weighted by Crippen LogP contribution is 2.36. The van der Waals surface area contributed by atoms with E-state index in [2.05, 4.69) is 45.4 Å². The van der Waals surface area contributed by atoms with E-state index >= 15 is 0 Å². The van der Waals surface area contributed by atoms with Crippen molar-refractivity contribution >= 4 is 22.4 Å². The fourth-order valence-corrected chi connectivity index (χ4v) is 3.25. The lowest BCUT2D eigenvalue weighted by atomic mass is 9.82. The molecular weight excluding hydrogens is 302 g/mol. The van der Waals surface area contributed by atoms with E-state index in [1.54, 1.807) is 4.68 Å². The van der Waals surface area contributed by atoms with Gasteiger partial charge in [-0.25, -0.2) is 14.6 Å². The highest BCUT2D eigenvalue weighted by atomic mass is 16.5. The highest BCUT2D eigenvalue weighted by molar-refractivity contribution is 5.97. The zero-order chi connectivity index (χ0) is 16.7. The molecule has 122 valence electrons. The highest BCUT2D eigenvalue weighted by Gasteiger charge is 2.24. The molecule has 2 unspecified atom stereocenters. The Kier molecular flexibility index (Phi) is 3.45. The molecule has 0 fully saturated rings. The molecule has 0 amide bonds. The van der Waals surface area contributed by atoms with Gasteiger partial charge in [0.25, 0.3) is 0 Å². The third kappa shape index (κ3) is 2.31. The summed E-state index contributed by atoms with van der Waals surface area (Å²) in [7, 11) is 1.87. The third-order valence-corrected chi connectivity index (χ3v) is 4.39. The quantitative estimate of drug-likeness (QED) is 0.940. The average Bonchev–Trinajstić information content (AvgIpc) is 2.93. The molecule has 0 radical (unpaired) electrons. The molecule has 6 heteroatoms. The van der Waals surface area contributed by atoms with E-state index in [-0.39, 0.29) is 5.92 Å². The number of nitrogens with two attached hydrogens (primary N) is 1. The summed E-state index contributed by atoms with van der Waals surface area (Å²) in [6.45, 7) is 2.67. The van der Waals surface area contributed by atoms with Crippen LogP contribution in [0.2, 0.25) is 0 Å². The average molecular weight is 321 g/mol. The van der Waals surface area contributed by atoms with Gasteiger partial charge in [-0.15, -0.1) is 0 Å². The van der Waals surface area contributed by atoms with Crippen molar-refractivity contribution in [3.05, 3.63) is 54.2 Å². The molecule has 2 heterocycles. The number of nitrogens with zero attached hydrogens (tertiary/aromatic N) is 4. The van der Waals surface area contributed by atoms with Crippen molar-refractivity contribution in [3.63, 3.8) is 0 Å². The number of aryl methyl sites for hydroxylation is 1. The Morgan fingerprint density at radius 2 is 1.96 bits per heavy atom. The second-order valence-corrected chi connectivity index (χ2v) is 5.93. The number of hydrogen-bond acceptors (Lipinski definition) is 5. The van der Waals surface area contributed by atoms with Gasteiger partial charge in [0, 0.05) is 18.9 Å². The predicted molar refractivity (Wildman–Crippen MR) is 93.7 cm³/mol. The Morgan fingerprint density at radius 1 is 1.17 bits per heavy atom. The topological polar surface area (TPSA) is 78.8 Å². The minimum atomic E-state index is 0.289. The molecule has 0 spiro atoms. The predicted octanol–water partition coefficient (Wildman–Crippen LogP) is 2.62. The first-order chi connectivity index (χ1) is 11.7. The molecule has 2 aromatic rings. The van der Waals surface area contributed by atoms with Gasteiger partial charge in [-0.2, -0.15) is 5.10 Å². The molecule has 0 aliphatic heterocycles. The van der Waals surface area contributed by atoms with E-state index in [4.69, 9.17) is 10.5 Å². The van der Waals surface area contributed by atoms with E-state index < -0.39 is 0 Å². The summed E-state index contributed by atoms with van der Waals surface area (Å²) in [6, 6.07) is 0. The molecule has 4 rings (SSSR count). The van der Waals surface area contributed by atoms with Gasteiger partial charge in [0.15, 0.2) is 5.65 Å². The SMILES string of the molecule is CCOC1=CC2C=CC(c3nn(C)c4ncnc(N)c34)=CC2C=C1. The first kappa shape index (κ1) is 14.7. The molecule has 0 aromatic carbocycles. The summed E-state index contributed by atoms with van der Waals surface area (Å²) < 4.78 is 7.33. The number of fused-ring (bicyclic) bond motifs is 2. The maximum absolute atomic E-state index is 6.06. The van der Waals surface area contributed by atoms with E-state index in [0.717, 1.165) is 28.1 Å². The minimum Gasteiger partial charge on any atom is -0.494 e. The summed E-state index contributed by atoms with van der Waals surface area (Å²) in [5.41, 5.74) is 8.68. The van der Waals surface area contributed by atoms with E-state index in [1.165, 1.54) is 6.33 Å². The Labute approximate surface area is 140 Å². The van der Waals surface area contributed by atoms with Gasteiger partial charge in [0.2, 0.25) is 0 Å². The molecule has 2 N–H and O–H groups in total. The van der Waals surface area contributed by atoms with Crippen LogP contribution in [0.4, 0.5) is 5.82 Å². The van der Waals surface area contributed by atoms with Gasteiger partial charge in [0.05, 0.1) is 12.0 Å². The van der Waals surface area contributed by atoms with Crippen LogP contribution >= 0.6 is 0 Å². The number of nitrogen functional groups attached to an aromatic ring is 1. The van der Waals surface area contributed by atoms with Gasteiger partial charge < -0.3 is 10.5 Å². The van der Waals surface area contributed by atoms with E-state index in [0.29, 0.717) is 18.3 Å². The smallest absolute Gasteiger partial charge is 0.163 e. The second kappa shape index (κ2) is 5.63. The van der Waals surface area contributed by atoms with E-state index in [1.807, 2.05) is 20.0 Å². The minimum absolute atomic E-state index is 0.289. The largest absolute Gasteiger partial charge is 0.494 e. The fraction of sp³-hybridized carbons (Fsp3) is 0.278. The van der Waals surface area contributed by atoms with Crippen molar-refractivity contribution in [2.75, 3.05) is 12.3 Å². The second-order valence-electron chi connectivity index (χ2n) is 5.93. The Bertz CT molecular complexity index is 919. The molecule has 2 aliphatic carbocycles. The molecule has 6 nitrogen and oxygen atoms in total. The van der Waals surface area contributed by atoms with Crippen LogP contribution in [-0.4, -0.2) is 26.4 Å². The van der Waals surface area contributed by atoms with Crippen molar-refractivity contribution in [3.8, 4) is 0 Å². The fourth-order valence-electron chi connectivity index (χ4n) is 3.25. The van der Waals surface area contributed by atoms with Gasteiger partial charge in [-0.05, 0) is 24.6 Å². The van der Waals surface area contributed by atoms with Crippen molar-refractivity contribution in [2.24, 2.45) is 18.9 Å². The zero-order valence-corrected chi connectivity index (χ0v) is 13.7. The van der Waals surface area contributed by atoms with Crippen molar-refractivity contribution in [2.45, 2.75) is 6.92 Å². The van der Waals surface area contributed by atoms with Crippen LogP contribution < -0.4 is 5.73 Å². The molecular formula is C18H19N5O. The number of hydrogen-bond donors (Lipinski definition) is 1. The molecule has 2 atom stereocenters. The summed E-state index contributed by atoms with van der Waals surface area (Å²) in [6.07, 6.45) is 14.3. The van der Waals surface area contributed by atoms with Crippen molar-refractivity contribution in [1.29, 1.82) is 0 Å². The number of rotatable bonds is 3. The molecule has 0 saturated heterocycles. The van der Waals surface area contributed by atoms with Crippen LogP contribution in [-0.2, 0) is 11.8 Å². The number of ether oxygens (including phenoxy) is 1. The third-order valence-electron chi connectivity index (χ3n) is 4.39. The van der Waals surface area contributed by atoms with Crippen LogP contribution in [0.25, 0.3) is 16.6 Å². The lowest BCUT2D eigenvalue weighted by Gasteiger charge is -2.24. The zero-order valence-electron chi connectivity index (χ0n) is 13.7. The molecule has 2 aliphatic rings. The van der Waals surface area contributed by atoms with Crippen LogP contribution in [0, 0.1) is 11.8 Å². The van der Waals surface area contributed by atoms with Crippen molar-refractivity contribution in [1.82, 2.24) is 19.7 Å².